The number of hydrogen-bond donors (Lipinski definition) is 3. The molecule has 0 radical (unpaired) electrons. The molecule has 0 rings (SSSR count). The summed E-state index contributed by atoms with van der Waals surface area (Å²) in [7, 11) is 0. The van der Waals surface area contributed by atoms with Crippen LogP contribution in [0.1, 0.15) is 152 Å². The van der Waals surface area contributed by atoms with Crippen LogP contribution in [0.4, 0.5) is 0 Å². The Bertz CT molecular complexity index is 627. The van der Waals surface area contributed by atoms with Crippen LogP contribution < -0.4 is 16.0 Å². The van der Waals surface area contributed by atoms with E-state index < -0.39 is 28.6 Å². The van der Waals surface area contributed by atoms with Crippen LogP contribution in [-0.2, 0) is 19.1 Å². The molecule has 0 bridgehead atoms. The largest absolute Gasteiger partial charge is 0.459 e. The van der Waals surface area contributed by atoms with Crippen LogP contribution in [0.5, 0.6) is 0 Å². The number of hydrogen-bond acceptors (Lipinski definition) is 7. The summed E-state index contributed by atoms with van der Waals surface area (Å²) < 4.78 is 11.7. The number of nitrogens with one attached hydrogen (secondary N) is 3. The number of rotatable bonds is 26. The molecule has 3 N–H and O–H groups in total. The number of unbranched alkanes of at least 4 members (excludes halogenated alkanes) is 13. The summed E-state index contributed by atoms with van der Waals surface area (Å²) in [5.74, 6) is -0.969. The van der Waals surface area contributed by atoms with Crippen molar-refractivity contribution in [3.8, 4) is 0 Å². The molecule has 0 spiro atoms. The number of likely N-dealkylation sites (N-methyl/N-ethyl adjacent to an activating group) is 1. The molecule has 0 fully saturated rings. The minimum atomic E-state index is -1.36. The van der Waals surface area contributed by atoms with Gasteiger partial charge in [0.15, 0.2) is 5.41 Å². The smallest absolute Gasteiger partial charge is 0.325 e. The van der Waals surface area contributed by atoms with Gasteiger partial charge in [-0.25, -0.2) is 0 Å². The molecule has 0 heterocycles. The van der Waals surface area contributed by atoms with Gasteiger partial charge in [0, 0.05) is 32.7 Å². The average molecular weight is 584 g/mol. The summed E-state index contributed by atoms with van der Waals surface area (Å²) in [5, 5.41) is 10.0. The first kappa shape index (κ1) is 39.8. The van der Waals surface area contributed by atoms with E-state index in [2.05, 4.69) is 29.8 Å². The predicted molar refractivity (Wildman–Crippen MR) is 173 cm³/mol. The Morgan fingerprint density at radius 2 is 0.878 bits per heavy atom. The van der Waals surface area contributed by atoms with Crippen molar-refractivity contribution in [2.45, 2.75) is 163 Å². The lowest BCUT2D eigenvalue weighted by atomic mass is 9.81. The van der Waals surface area contributed by atoms with E-state index in [0.717, 1.165) is 45.4 Å². The fourth-order valence-electron chi connectivity index (χ4n) is 4.85. The van der Waals surface area contributed by atoms with Crippen LogP contribution in [0, 0.1) is 5.41 Å². The van der Waals surface area contributed by atoms with Gasteiger partial charge in [-0.15, -0.1) is 0 Å². The monoisotopic (exact) mass is 584 g/mol. The molecule has 41 heavy (non-hydrogen) atoms. The molecule has 0 aromatic rings. The minimum Gasteiger partial charge on any atom is -0.459 e. The van der Waals surface area contributed by atoms with Gasteiger partial charge in [0.25, 0.3) is 0 Å². The third kappa shape index (κ3) is 22.1. The van der Waals surface area contributed by atoms with Crippen molar-refractivity contribution in [3.63, 3.8) is 0 Å². The van der Waals surface area contributed by atoms with Gasteiger partial charge in [0.1, 0.15) is 11.2 Å². The van der Waals surface area contributed by atoms with Crippen LogP contribution in [0.3, 0.4) is 0 Å². The number of esters is 2. The molecule has 0 aliphatic carbocycles. The zero-order chi connectivity index (χ0) is 31.0. The lowest BCUT2D eigenvalue weighted by Crippen LogP contribution is -2.52. The zero-order valence-corrected chi connectivity index (χ0v) is 28.5. The van der Waals surface area contributed by atoms with Crippen LogP contribution in [-0.4, -0.2) is 62.4 Å². The van der Waals surface area contributed by atoms with Crippen molar-refractivity contribution in [3.05, 3.63) is 0 Å². The van der Waals surface area contributed by atoms with Crippen molar-refractivity contribution >= 4 is 11.9 Å². The zero-order valence-electron chi connectivity index (χ0n) is 28.5. The SMILES string of the molecule is CCCCCCCCCCCCCCCCC(CNCCNCCNCC)(C(=O)OC(C)(C)C)C(=O)OC(C)(C)C. The maximum Gasteiger partial charge on any atom is 0.325 e. The summed E-state index contributed by atoms with van der Waals surface area (Å²) in [6.45, 7) is 19.8. The quantitative estimate of drug-likeness (QED) is 0.0559. The topological polar surface area (TPSA) is 88.7 Å². The normalized spacial score (nSPS) is 12.5. The molecule has 0 aromatic carbocycles. The van der Waals surface area contributed by atoms with Crippen molar-refractivity contribution in [1.82, 2.24) is 16.0 Å². The van der Waals surface area contributed by atoms with Crippen molar-refractivity contribution in [2.75, 3.05) is 39.3 Å². The molecule has 0 saturated heterocycles. The second-order valence-electron chi connectivity index (χ2n) is 13.7. The number of carbonyl (C=O) groups excluding carboxylic acids is 2. The lowest BCUT2D eigenvalue weighted by Gasteiger charge is -2.35. The Morgan fingerprint density at radius 3 is 1.27 bits per heavy atom. The molecule has 0 aromatic heterocycles. The minimum absolute atomic E-state index is 0.212. The Labute approximate surface area is 254 Å². The standard InChI is InChI=1S/C34H69N3O4/c1-9-11-12-13-14-15-16-17-18-19-20-21-22-23-24-34(30(38)40-32(3,4)5,31(39)41-33(6,7)8)29-37-28-27-36-26-25-35-10-2/h35-37H,9-29H2,1-8H3. The Kier molecular flexibility index (Phi) is 22.6. The fraction of sp³-hybridized carbons (Fsp3) is 0.941. The number of ether oxygens (including phenoxy) is 2. The van der Waals surface area contributed by atoms with Gasteiger partial charge in [0.2, 0.25) is 0 Å². The van der Waals surface area contributed by atoms with Gasteiger partial charge in [-0.3, -0.25) is 9.59 Å². The van der Waals surface area contributed by atoms with Gasteiger partial charge in [-0.05, 0) is 54.5 Å². The molecule has 0 atom stereocenters. The van der Waals surface area contributed by atoms with E-state index in [1.165, 1.54) is 70.6 Å². The van der Waals surface area contributed by atoms with E-state index in [-0.39, 0.29) is 6.54 Å². The first-order valence-electron chi connectivity index (χ1n) is 17.0. The molecule has 0 saturated carbocycles. The third-order valence-corrected chi connectivity index (χ3v) is 7.17. The molecular formula is C34H69N3O4. The molecule has 7 nitrogen and oxygen atoms in total. The van der Waals surface area contributed by atoms with Gasteiger partial charge in [-0.2, -0.15) is 0 Å². The van der Waals surface area contributed by atoms with E-state index in [9.17, 15) is 9.59 Å². The van der Waals surface area contributed by atoms with E-state index >= 15 is 0 Å². The highest BCUT2D eigenvalue weighted by atomic mass is 16.6. The Balaban J connectivity index is 4.90. The highest BCUT2D eigenvalue weighted by molar-refractivity contribution is 6.00. The predicted octanol–water partition coefficient (Wildman–Crippen LogP) is 7.32. The molecular weight excluding hydrogens is 514 g/mol. The van der Waals surface area contributed by atoms with E-state index in [0.29, 0.717) is 13.0 Å². The van der Waals surface area contributed by atoms with Crippen LogP contribution in [0.15, 0.2) is 0 Å². The van der Waals surface area contributed by atoms with Crippen molar-refractivity contribution in [1.29, 1.82) is 0 Å². The summed E-state index contributed by atoms with van der Waals surface area (Å²) in [5.41, 5.74) is -2.73. The first-order valence-corrected chi connectivity index (χ1v) is 17.0. The van der Waals surface area contributed by atoms with E-state index in [4.69, 9.17) is 9.47 Å². The maximum atomic E-state index is 13.6. The van der Waals surface area contributed by atoms with E-state index in [1.54, 1.807) is 0 Å². The first-order chi connectivity index (χ1) is 19.4. The van der Waals surface area contributed by atoms with Crippen LogP contribution >= 0.6 is 0 Å². The van der Waals surface area contributed by atoms with Crippen LogP contribution in [0.25, 0.3) is 0 Å². The van der Waals surface area contributed by atoms with Crippen molar-refractivity contribution in [2.24, 2.45) is 5.41 Å². The van der Waals surface area contributed by atoms with Gasteiger partial charge < -0.3 is 25.4 Å². The van der Waals surface area contributed by atoms with Gasteiger partial charge in [-0.1, -0.05) is 104 Å². The summed E-state index contributed by atoms with van der Waals surface area (Å²) in [4.78, 5) is 27.2. The average Bonchev–Trinajstić information content (AvgIpc) is 2.87. The Morgan fingerprint density at radius 1 is 0.512 bits per heavy atom. The van der Waals surface area contributed by atoms with Gasteiger partial charge in [0.05, 0.1) is 0 Å². The Hall–Kier alpha value is -1.18. The second-order valence-corrected chi connectivity index (χ2v) is 13.7. The highest BCUT2D eigenvalue weighted by Crippen LogP contribution is 2.32. The lowest BCUT2D eigenvalue weighted by molar-refractivity contribution is -0.185. The molecule has 244 valence electrons. The molecule has 0 unspecified atom stereocenters. The summed E-state index contributed by atoms with van der Waals surface area (Å²) >= 11 is 0. The van der Waals surface area contributed by atoms with Crippen molar-refractivity contribution < 1.29 is 19.1 Å². The number of carbonyl (C=O) groups is 2. The van der Waals surface area contributed by atoms with Crippen LogP contribution in [0.2, 0.25) is 0 Å². The molecule has 0 amide bonds. The third-order valence-electron chi connectivity index (χ3n) is 7.17. The molecule has 0 aliphatic heterocycles. The molecule has 7 heteroatoms. The fourth-order valence-corrected chi connectivity index (χ4v) is 4.85. The second kappa shape index (κ2) is 23.3. The maximum absolute atomic E-state index is 13.6. The molecule has 0 aliphatic rings. The van der Waals surface area contributed by atoms with E-state index in [1.807, 2.05) is 41.5 Å². The summed E-state index contributed by atoms with van der Waals surface area (Å²) in [6, 6.07) is 0. The van der Waals surface area contributed by atoms with Gasteiger partial charge >= 0.3 is 11.9 Å². The summed E-state index contributed by atoms with van der Waals surface area (Å²) in [6.07, 6.45) is 18.1. The highest BCUT2D eigenvalue weighted by Gasteiger charge is 2.50.